The molecule has 2 rings (SSSR count). The molecule has 3 atom stereocenters. The monoisotopic (exact) mass is 274 g/mol. The molecule has 5 heteroatoms. The van der Waals surface area contributed by atoms with Gasteiger partial charge < -0.3 is 5.32 Å². The Kier molecular flexibility index (Phi) is 4.34. The Morgan fingerprint density at radius 1 is 1.39 bits per heavy atom. The van der Waals surface area contributed by atoms with Crippen LogP contribution in [0, 0.1) is 5.92 Å². The van der Waals surface area contributed by atoms with Crippen molar-refractivity contribution in [2.24, 2.45) is 5.92 Å². The van der Waals surface area contributed by atoms with Gasteiger partial charge in [0.05, 0.1) is 11.5 Å². The lowest BCUT2D eigenvalue weighted by molar-refractivity contribution is 0.0640. The van der Waals surface area contributed by atoms with Crippen LogP contribution >= 0.6 is 0 Å². The second-order valence-electron chi connectivity index (χ2n) is 6.08. The Hall–Kier alpha value is -0.130. The summed E-state index contributed by atoms with van der Waals surface area (Å²) >= 11 is 0. The van der Waals surface area contributed by atoms with Crippen LogP contribution in [0.15, 0.2) is 0 Å². The Bertz CT molecular complexity index is 380. The number of hydrogen-bond acceptors (Lipinski definition) is 4. The molecule has 0 radical (unpaired) electrons. The van der Waals surface area contributed by atoms with Crippen molar-refractivity contribution in [3.8, 4) is 0 Å². The number of piperazine rings is 1. The molecule has 3 unspecified atom stereocenters. The second-order valence-corrected chi connectivity index (χ2v) is 8.31. The molecule has 2 aliphatic heterocycles. The van der Waals surface area contributed by atoms with Gasteiger partial charge in [-0.2, -0.15) is 0 Å². The van der Waals surface area contributed by atoms with E-state index in [0.29, 0.717) is 29.5 Å². The summed E-state index contributed by atoms with van der Waals surface area (Å²) < 4.78 is 23.3. The van der Waals surface area contributed by atoms with Gasteiger partial charge in [0, 0.05) is 31.2 Å². The van der Waals surface area contributed by atoms with Crippen molar-refractivity contribution in [2.75, 3.05) is 24.6 Å². The molecule has 2 saturated heterocycles. The molecular weight excluding hydrogens is 248 g/mol. The SMILES string of the molecule is CCC1CN(C2CCS(=O)(=O)C2)C(C(C)C)CN1. The highest BCUT2D eigenvalue weighted by Gasteiger charge is 2.39. The molecule has 0 aromatic carbocycles. The standard InChI is InChI=1S/C13H26N2O2S/c1-4-11-8-15(13(7-14-11)10(2)3)12-5-6-18(16,17)9-12/h10-14H,4-9H2,1-3H3. The van der Waals surface area contributed by atoms with Gasteiger partial charge in [0.25, 0.3) is 0 Å². The third kappa shape index (κ3) is 3.06. The Labute approximate surface area is 111 Å². The van der Waals surface area contributed by atoms with Gasteiger partial charge in [-0.1, -0.05) is 20.8 Å². The summed E-state index contributed by atoms with van der Waals surface area (Å²) in [6.45, 7) is 8.65. The maximum absolute atomic E-state index is 11.7. The van der Waals surface area contributed by atoms with Crippen LogP contribution in [0.3, 0.4) is 0 Å². The predicted octanol–water partition coefficient (Wildman–Crippen LogP) is 0.882. The Morgan fingerprint density at radius 2 is 2.11 bits per heavy atom. The average molecular weight is 274 g/mol. The van der Waals surface area contributed by atoms with E-state index < -0.39 is 9.84 Å². The van der Waals surface area contributed by atoms with Crippen molar-refractivity contribution in [3.63, 3.8) is 0 Å². The molecule has 2 fully saturated rings. The van der Waals surface area contributed by atoms with E-state index in [4.69, 9.17) is 0 Å². The molecular formula is C13H26N2O2S. The molecule has 0 aromatic rings. The first-order valence-electron chi connectivity index (χ1n) is 7.12. The van der Waals surface area contributed by atoms with Crippen molar-refractivity contribution >= 4 is 9.84 Å². The fourth-order valence-electron chi connectivity index (χ4n) is 3.21. The van der Waals surface area contributed by atoms with E-state index >= 15 is 0 Å². The second kappa shape index (κ2) is 5.47. The summed E-state index contributed by atoms with van der Waals surface area (Å²) in [6, 6.07) is 1.24. The van der Waals surface area contributed by atoms with E-state index in [2.05, 4.69) is 31.0 Å². The number of hydrogen-bond donors (Lipinski definition) is 1. The largest absolute Gasteiger partial charge is 0.311 e. The minimum absolute atomic E-state index is 0.249. The van der Waals surface area contributed by atoms with Crippen LogP contribution in [0.2, 0.25) is 0 Å². The van der Waals surface area contributed by atoms with Crippen molar-refractivity contribution in [1.29, 1.82) is 0 Å². The van der Waals surface area contributed by atoms with Gasteiger partial charge in [-0.25, -0.2) is 8.42 Å². The molecule has 0 amide bonds. The molecule has 0 bridgehead atoms. The van der Waals surface area contributed by atoms with Gasteiger partial charge >= 0.3 is 0 Å². The number of nitrogens with one attached hydrogen (secondary N) is 1. The number of rotatable bonds is 3. The van der Waals surface area contributed by atoms with Gasteiger partial charge in [-0.05, 0) is 18.8 Å². The van der Waals surface area contributed by atoms with E-state index in [1.807, 2.05) is 0 Å². The van der Waals surface area contributed by atoms with Crippen LogP contribution < -0.4 is 5.32 Å². The normalized spacial score (nSPS) is 37.2. The minimum atomic E-state index is -2.78. The van der Waals surface area contributed by atoms with Crippen molar-refractivity contribution in [3.05, 3.63) is 0 Å². The summed E-state index contributed by atoms with van der Waals surface area (Å²) in [4.78, 5) is 2.47. The highest BCUT2D eigenvalue weighted by atomic mass is 32.2. The van der Waals surface area contributed by atoms with Crippen molar-refractivity contribution in [1.82, 2.24) is 10.2 Å². The molecule has 4 nitrogen and oxygen atoms in total. The van der Waals surface area contributed by atoms with Crippen LogP contribution in [0.1, 0.15) is 33.6 Å². The highest BCUT2D eigenvalue weighted by Crippen LogP contribution is 2.25. The smallest absolute Gasteiger partial charge is 0.151 e. The first kappa shape index (κ1) is 14.3. The zero-order valence-electron chi connectivity index (χ0n) is 11.7. The average Bonchev–Trinajstić information content (AvgIpc) is 2.68. The maximum Gasteiger partial charge on any atom is 0.151 e. The third-order valence-corrected chi connectivity index (χ3v) is 6.16. The first-order valence-corrected chi connectivity index (χ1v) is 8.94. The van der Waals surface area contributed by atoms with Crippen molar-refractivity contribution in [2.45, 2.75) is 51.7 Å². The van der Waals surface area contributed by atoms with Crippen LogP contribution in [0.25, 0.3) is 0 Å². The van der Waals surface area contributed by atoms with E-state index in [0.717, 1.165) is 25.9 Å². The molecule has 0 spiro atoms. The zero-order valence-corrected chi connectivity index (χ0v) is 12.5. The van der Waals surface area contributed by atoms with Gasteiger partial charge in [0.2, 0.25) is 0 Å². The molecule has 2 aliphatic rings. The highest BCUT2D eigenvalue weighted by molar-refractivity contribution is 7.91. The van der Waals surface area contributed by atoms with Crippen LogP contribution in [0.4, 0.5) is 0 Å². The first-order chi connectivity index (χ1) is 8.43. The van der Waals surface area contributed by atoms with Gasteiger partial charge in [-0.3, -0.25) is 4.90 Å². The molecule has 1 N–H and O–H groups in total. The van der Waals surface area contributed by atoms with Crippen LogP contribution in [-0.2, 0) is 9.84 Å². The summed E-state index contributed by atoms with van der Waals surface area (Å²) in [5, 5.41) is 3.58. The molecule has 2 heterocycles. The maximum atomic E-state index is 11.7. The molecule has 0 saturated carbocycles. The minimum Gasteiger partial charge on any atom is -0.311 e. The Morgan fingerprint density at radius 3 is 2.61 bits per heavy atom. The zero-order chi connectivity index (χ0) is 13.3. The molecule has 106 valence electrons. The predicted molar refractivity (Wildman–Crippen MR) is 74.5 cm³/mol. The van der Waals surface area contributed by atoms with E-state index in [-0.39, 0.29) is 6.04 Å². The Balaban J connectivity index is 2.10. The lowest BCUT2D eigenvalue weighted by Gasteiger charge is -2.45. The van der Waals surface area contributed by atoms with E-state index in [1.54, 1.807) is 0 Å². The van der Waals surface area contributed by atoms with Gasteiger partial charge in [-0.15, -0.1) is 0 Å². The summed E-state index contributed by atoms with van der Waals surface area (Å²) in [7, 11) is -2.78. The van der Waals surface area contributed by atoms with Gasteiger partial charge in [0.1, 0.15) is 0 Å². The lowest BCUT2D eigenvalue weighted by Crippen LogP contribution is -2.61. The van der Waals surface area contributed by atoms with Crippen molar-refractivity contribution < 1.29 is 8.42 Å². The van der Waals surface area contributed by atoms with Crippen LogP contribution in [-0.4, -0.2) is 56.0 Å². The summed E-state index contributed by atoms with van der Waals surface area (Å²) in [5.74, 6) is 1.31. The molecule has 18 heavy (non-hydrogen) atoms. The quantitative estimate of drug-likeness (QED) is 0.830. The fourth-order valence-corrected chi connectivity index (χ4v) is 4.95. The molecule has 0 aliphatic carbocycles. The summed E-state index contributed by atoms with van der Waals surface area (Å²) in [6.07, 6.45) is 1.93. The summed E-state index contributed by atoms with van der Waals surface area (Å²) in [5.41, 5.74) is 0. The fraction of sp³-hybridized carbons (Fsp3) is 1.00. The number of sulfone groups is 1. The third-order valence-electron chi connectivity index (χ3n) is 4.41. The van der Waals surface area contributed by atoms with E-state index in [1.165, 1.54) is 0 Å². The van der Waals surface area contributed by atoms with Crippen LogP contribution in [0.5, 0.6) is 0 Å². The lowest BCUT2D eigenvalue weighted by atomic mass is 9.95. The number of nitrogens with zero attached hydrogens (tertiary/aromatic N) is 1. The molecule has 0 aromatic heterocycles. The topological polar surface area (TPSA) is 49.4 Å². The van der Waals surface area contributed by atoms with Gasteiger partial charge in [0.15, 0.2) is 9.84 Å². The van der Waals surface area contributed by atoms with E-state index in [9.17, 15) is 8.42 Å².